The number of rotatable bonds is 3. The van der Waals surface area contributed by atoms with E-state index in [-0.39, 0.29) is 17.5 Å². The predicted octanol–water partition coefficient (Wildman–Crippen LogP) is 3.13. The molecule has 0 aromatic heterocycles. The number of piperidine rings is 1. The first kappa shape index (κ1) is 13.2. The zero-order valence-corrected chi connectivity index (χ0v) is 11.0. The highest BCUT2D eigenvalue weighted by atomic mass is 19.1. The van der Waals surface area contributed by atoms with Crippen molar-refractivity contribution < 1.29 is 9.18 Å². The summed E-state index contributed by atoms with van der Waals surface area (Å²) in [5.41, 5.74) is 0.638. The molecule has 0 aliphatic carbocycles. The third-order valence-corrected chi connectivity index (χ3v) is 3.76. The average Bonchev–Trinajstić information content (AvgIpc) is 2.39. The Labute approximate surface area is 108 Å². The normalized spacial score (nSPS) is 18.2. The predicted molar refractivity (Wildman–Crippen MR) is 70.2 cm³/mol. The van der Waals surface area contributed by atoms with Crippen LogP contribution in [0.1, 0.15) is 37.0 Å². The van der Waals surface area contributed by atoms with Gasteiger partial charge in [-0.2, -0.15) is 0 Å². The van der Waals surface area contributed by atoms with Crippen LogP contribution in [0.25, 0.3) is 0 Å². The van der Waals surface area contributed by atoms with Gasteiger partial charge in [-0.05, 0) is 64.0 Å². The molecule has 3 heteroatoms. The molecule has 1 fully saturated rings. The van der Waals surface area contributed by atoms with Gasteiger partial charge in [0, 0.05) is 17.5 Å². The number of hydrogen-bond donors (Lipinski definition) is 0. The standard InChI is InChI=1S/C15H20FNO/c1-11(2)17-9-7-13(8-10-17)15(18)12-3-5-14(16)6-4-12/h3-6,11,13H,7-10H2,1-2H3. The molecule has 2 nitrogen and oxygen atoms in total. The van der Waals surface area contributed by atoms with Crippen molar-refractivity contribution in [3.05, 3.63) is 35.6 Å². The van der Waals surface area contributed by atoms with Crippen LogP contribution >= 0.6 is 0 Å². The van der Waals surface area contributed by atoms with E-state index < -0.39 is 0 Å². The van der Waals surface area contributed by atoms with E-state index in [1.54, 1.807) is 12.1 Å². The van der Waals surface area contributed by atoms with Gasteiger partial charge < -0.3 is 4.90 Å². The molecule has 1 saturated heterocycles. The fourth-order valence-electron chi connectivity index (χ4n) is 2.53. The van der Waals surface area contributed by atoms with Crippen LogP contribution in [0, 0.1) is 11.7 Å². The van der Waals surface area contributed by atoms with Gasteiger partial charge in [0.2, 0.25) is 0 Å². The van der Waals surface area contributed by atoms with E-state index in [9.17, 15) is 9.18 Å². The van der Waals surface area contributed by atoms with E-state index in [2.05, 4.69) is 18.7 Å². The van der Waals surface area contributed by atoms with Gasteiger partial charge in [-0.1, -0.05) is 0 Å². The molecule has 0 atom stereocenters. The molecule has 0 spiro atoms. The molecule has 0 saturated carbocycles. The molecule has 1 aliphatic rings. The van der Waals surface area contributed by atoms with Crippen molar-refractivity contribution in [3.8, 4) is 0 Å². The van der Waals surface area contributed by atoms with Crippen molar-refractivity contribution in [1.82, 2.24) is 4.90 Å². The molecule has 98 valence electrons. The highest BCUT2D eigenvalue weighted by Gasteiger charge is 2.26. The lowest BCUT2D eigenvalue weighted by Crippen LogP contribution is -2.40. The van der Waals surface area contributed by atoms with Crippen molar-refractivity contribution in [3.63, 3.8) is 0 Å². The summed E-state index contributed by atoms with van der Waals surface area (Å²) in [4.78, 5) is 14.6. The Kier molecular flexibility index (Phi) is 4.12. The molecule has 18 heavy (non-hydrogen) atoms. The number of benzene rings is 1. The van der Waals surface area contributed by atoms with Crippen LogP contribution < -0.4 is 0 Å². The van der Waals surface area contributed by atoms with Crippen LogP contribution in [0.15, 0.2) is 24.3 Å². The van der Waals surface area contributed by atoms with Crippen LogP contribution in [0.2, 0.25) is 0 Å². The zero-order chi connectivity index (χ0) is 13.1. The average molecular weight is 249 g/mol. The SMILES string of the molecule is CC(C)N1CCC(C(=O)c2ccc(F)cc2)CC1. The quantitative estimate of drug-likeness (QED) is 0.767. The summed E-state index contributed by atoms with van der Waals surface area (Å²) in [6.45, 7) is 6.33. The van der Waals surface area contributed by atoms with Gasteiger partial charge in [0.1, 0.15) is 5.82 Å². The monoisotopic (exact) mass is 249 g/mol. The van der Waals surface area contributed by atoms with E-state index in [4.69, 9.17) is 0 Å². The minimum absolute atomic E-state index is 0.102. The number of ketones is 1. The highest BCUT2D eigenvalue weighted by molar-refractivity contribution is 5.97. The Bertz CT molecular complexity index is 405. The minimum atomic E-state index is -0.291. The Morgan fingerprint density at radius 1 is 1.22 bits per heavy atom. The summed E-state index contributed by atoms with van der Waals surface area (Å²) < 4.78 is 12.8. The van der Waals surface area contributed by atoms with Gasteiger partial charge in [-0.15, -0.1) is 0 Å². The van der Waals surface area contributed by atoms with Crippen LogP contribution in [-0.4, -0.2) is 29.8 Å². The number of Topliss-reactive ketones (excluding diaryl/α,β-unsaturated/α-hetero) is 1. The largest absolute Gasteiger partial charge is 0.301 e. The number of hydrogen-bond acceptors (Lipinski definition) is 2. The number of halogens is 1. The maximum atomic E-state index is 12.8. The Morgan fingerprint density at radius 2 is 1.78 bits per heavy atom. The second kappa shape index (κ2) is 5.61. The Hall–Kier alpha value is -1.22. The fraction of sp³-hybridized carbons (Fsp3) is 0.533. The number of carbonyl (C=O) groups is 1. The van der Waals surface area contributed by atoms with Gasteiger partial charge in [0.15, 0.2) is 5.78 Å². The topological polar surface area (TPSA) is 20.3 Å². The smallest absolute Gasteiger partial charge is 0.166 e. The summed E-state index contributed by atoms with van der Waals surface area (Å²) in [7, 11) is 0. The van der Waals surface area contributed by atoms with Crippen molar-refractivity contribution >= 4 is 5.78 Å². The molecule has 1 aliphatic heterocycles. The summed E-state index contributed by atoms with van der Waals surface area (Å²) >= 11 is 0. The van der Waals surface area contributed by atoms with Crippen molar-refractivity contribution in [1.29, 1.82) is 0 Å². The first-order valence-corrected chi connectivity index (χ1v) is 6.62. The zero-order valence-electron chi connectivity index (χ0n) is 11.0. The third-order valence-electron chi connectivity index (χ3n) is 3.76. The third kappa shape index (κ3) is 2.96. The van der Waals surface area contributed by atoms with Gasteiger partial charge >= 0.3 is 0 Å². The maximum Gasteiger partial charge on any atom is 0.166 e. The van der Waals surface area contributed by atoms with E-state index in [1.165, 1.54) is 12.1 Å². The van der Waals surface area contributed by atoms with Gasteiger partial charge in [-0.25, -0.2) is 4.39 Å². The molecule has 0 N–H and O–H groups in total. The van der Waals surface area contributed by atoms with E-state index >= 15 is 0 Å². The van der Waals surface area contributed by atoms with Crippen molar-refractivity contribution in [2.24, 2.45) is 5.92 Å². The summed E-state index contributed by atoms with van der Waals surface area (Å²) in [5, 5.41) is 0. The van der Waals surface area contributed by atoms with Crippen LogP contribution in [-0.2, 0) is 0 Å². The molecule has 2 rings (SSSR count). The Morgan fingerprint density at radius 3 is 2.28 bits per heavy atom. The Balaban J connectivity index is 1.97. The first-order chi connectivity index (χ1) is 8.58. The van der Waals surface area contributed by atoms with Gasteiger partial charge in [-0.3, -0.25) is 4.79 Å². The summed E-state index contributed by atoms with van der Waals surface area (Å²) in [6, 6.07) is 6.44. The second-order valence-electron chi connectivity index (χ2n) is 5.28. The second-order valence-corrected chi connectivity index (χ2v) is 5.28. The van der Waals surface area contributed by atoms with E-state index in [0.29, 0.717) is 11.6 Å². The molecule has 0 amide bonds. The summed E-state index contributed by atoms with van der Waals surface area (Å²) in [6.07, 6.45) is 1.82. The molecule has 0 bridgehead atoms. The minimum Gasteiger partial charge on any atom is -0.301 e. The van der Waals surface area contributed by atoms with Crippen molar-refractivity contribution in [2.75, 3.05) is 13.1 Å². The lowest BCUT2D eigenvalue weighted by molar-refractivity contribution is 0.0811. The van der Waals surface area contributed by atoms with Crippen LogP contribution in [0.5, 0.6) is 0 Å². The van der Waals surface area contributed by atoms with Gasteiger partial charge in [0.25, 0.3) is 0 Å². The van der Waals surface area contributed by atoms with Crippen LogP contribution in [0.3, 0.4) is 0 Å². The molecule has 1 aromatic carbocycles. The van der Waals surface area contributed by atoms with E-state index in [0.717, 1.165) is 25.9 Å². The lowest BCUT2D eigenvalue weighted by atomic mass is 9.88. The maximum absolute atomic E-state index is 12.8. The molecule has 0 radical (unpaired) electrons. The molecular formula is C15H20FNO. The number of likely N-dealkylation sites (tertiary alicyclic amines) is 1. The number of nitrogens with zero attached hydrogens (tertiary/aromatic N) is 1. The van der Waals surface area contributed by atoms with E-state index in [1.807, 2.05) is 0 Å². The molecule has 0 unspecified atom stereocenters. The first-order valence-electron chi connectivity index (χ1n) is 6.62. The van der Waals surface area contributed by atoms with Crippen molar-refractivity contribution in [2.45, 2.75) is 32.7 Å². The van der Waals surface area contributed by atoms with Gasteiger partial charge in [0.05, 0.1) is 0 Å². The fourth-order valence-corrected chi connectivity index (χ4v) is 2.53. The highest BCUT2D eigenvalue weighted by Crippen LogP contribution is 2.23. The van der Waals surface area contributed by atoms with Crippen LogP contribution in [0.4, 0.5) is 4.39 Å². The summed E-state index contributed by atoms with van der Waals surface area (Å²) in [5.74, 6) is -0.0231. The number of carbonyl (C=O) groups excluding carboxylic acids is 1. The lowest BCUT2D eigenvalue weighted by Gasteiger charge is -2.34. The molecule has 1 aromatic rings. The molecular weight excluding hydrogens is 229 g/mol. The molecule has 1 heterocycles.